The zero-order valence-electron chi connectivity index (χ0n) is 11.2. The quantitative estimate of drug-likeness (QED) is 0.405. The Hall–Kier alpha value is -2.13. The summed E-state index contributed by atoms with van der Waals surface area (Å²) in [4.78, 5) is 2.66. The van der Waals surface area contributed by atoms with E-state index in [0.29, 0.717) is 6.71 Å². The summed E-state index contributed by atoms with van der Waals surface area (Å²) >= 11 is 1.84. The zero-order chi connectivity index (χ0) is 13.8. The molecular weight excluding hydrogens is 275 g/mol. The average Bonchev–Trinajstić information content (AvgIpc) is 2.54. The highest BCUT2D eigenvalue weighted by atomic mass is 32.2. The molecule has 0 amide bonds. The van der Waals surface area contributed by atoms with Crippen LogP contribution in [-0.4, -0.2) is 6.71 Å². The molecule has 2 heterocycles. The molecule has 0 fully saturated rings. The highest BCUT2D eigenvalue weighted by Gasteiger charge is 2.38. The van der Waals surface area contributed by atoms with Gasteiger partial charge in [0, 0.05) is 9.79 Å². The number of ether oxygens (including phenoxy) is 1. The molecule has 1 nitrogen and oxygen atoms in total. The van der Waals surface area contributed by atoms with Gasteiger partial charge in [0.15, 0.2) is 0 Å². The third kappa shape index (κ3) is 1.55. The molecular formula is C18H11BOS. The third-order valence-electron chi connectivity index (χ3n) is 4.21. The van der Waals surface area contributed by atoms with Crippen LogP contribution in [0.2, 0.25) is 0 Å². The maximum absolute atomic E-state index is 6.13. The molecule has 3 heteroatoms. The second kappa shape index (κ2) is 4.19. The Kier molecular flexibility index (Phi) is 2.30. The van der Waals surface area contributed by atoms with E-state index in [1.165, 1.54) is 26.2 Å². The molecule has 0 atom stereocenters. The van der Waals surface area contributed by atoms with Crippen LogP contribution in [0.25, 0.3) is 0 Å². The Bertz CT molecular complexity index is 807. The van der Waals surface area contributed by atoms with Crippen molar-refractivity contribution in [1.29, 1.82) is 0 Å². The minimum atomic E-state index is 0.290. The fourth-order valence-electron chi connectivity index (χ4n) is 3.33. The van der Waals surface area contributed by atoms with Crippen LogP contribution < -0.4 is 21.1 Å². The lowest BCUT2D eigenvalue weighted by molar-refractivity contribution is 0.486. The summed E-state index contributed by atoms with van der Waals surface area (Å²) in [6.07, 6.45) is 0. The van der Waals surface area contributed by atoms with Crippen molar-refractivity contribution < 1.29 is 4.74 Å². The van der Waals surface area contributed by atoms with E-state index in [1.807, 2.05) is 17.8 Å². The van der Waals surface area contributed by atoms with Crippen molar-refractivity contribution in [2.45, 2.75) is 9.79 Å². The van der Waals surface area contributed by atoms with Crippen LogP contribution in [0.1, 0.15) is 0 Å². The zero-order valence-corrected chi connectivity index (χ0v) is 12.1. The van der Waals surface area contributed by atoms with E-state index in [2.05, 4.69) is 60.7 Å². The number of fused-ring (bicyclic) bond motifs is 4. The van der Waals surface area contributed by atoms with Gasteiger partial charge in [-0.2, -0.15) is 0 Å². The highest BCUT2D eigenvalue weighted by Crippen LogP contribution is 2.35. The molecule has 0 unspecified atom stereocenters. The van der Waals surface area contributed by atoms with E-state index in [4.69, 9.17) is 4.74 Å². The van der Waals surface area contributed by atoms with E-state index in [0.717, 1.165) is 11.5 Å². The summed E-state index contributed by atoms with van der Waals surface area (Å²) in [7, 11) is 0. The highest BCUT2D eigenvalue weighted by molar-refractivity contribution is 8.00. The van der Waals surface area contributed by atoms with Crippen molar-refractivity contribution >= 4 is 34.9 Å². The van der Waals surface area contributed by atoms with Crippen molar-refractivity contribution in [2.24, 2.45) is 0 Å². The Labute approximate surface area is 128 Å². The van der Waals surface area contributed by atoms with Crippen molar-refractivity contribution in [3.63, 3.8) is 0 Å². The van der Waals surface area contributed by atoms with Crippen molar-refractivity contribution in [3.8, 4) is 11.5 Å². The molecule has 3 aromatic carbocycles. The van der Waals surface area contributed by atoms with E-state index in [9.17, 15) is 0 Å². The first kappa shape index (κ1) is 11.5. The largest absolute Gasteiger partial charge is 0.458 e. The first-order valence-corrected chi connectivity index (χ1v) is 7.90. The lowest BCUT2D eigenvalue weighted by atomic mass is 9.35. The number of para-hydroxylation sites is 1. The first-order valence-electron chi connectivity index (χ1n) is 7.08. The van der Waals surface area contributed by atoms with Crippen LogP contribution in [0.5, 0.6) is 11.5 Å². The summed E-state index contributed by atoms with van der Waals surface area (Å²) in [5.74, 6) is 1.98. The van der Waals surface area contributed by atoms with Crippen LogP contribution in [0, 0.1) is 0 Å². The molecule has 0 aliphatic carbocycles. The standard InChI is InChI=1S/C18H11BOS/c1-3-8-14-12(6-1)19-13-7-2-4-10-16(13)21-17-11-5-9-15(20-14)18(17)19/h1-11H. The molecule has 0 N–H and O–H groups in total. The fourth-order valence-corrected chi connectivity index (χ4v) is 4.49. The van der Waals surface area contributed by atoms with Gasteiger partial charge in [0.25, 0.3) is 6.71 Å². The van der Waals surface area contributed by atoms with Gasteiger partial charge in [0.1, 0.15) is 11.5 Å². The summed E-state index contributed by atoms with van der Waals surface area (Å²) in [5, 5.41) is 0. The number of hydrogen-bond donors (Lipinski definition) is 0. The molecule has 0 radical (unpaired) electrons. The predicted octanol–water partition coefficient (Wildman–Crippen LogP) is 2.77. The summed E-state index contributed by atoms with van der Waals surface area (Å²) in [6.45, 7) is 0.290. The van der Waals surface area contributed by atoms with Crippen LogP contribution >= 0.6 is 11.8 Å². The van der Waals surface area contributed by atoms with Gasteiger partial charge in [0.05, 0.1) is 0 Å². The minimum absolute atomic E-state index is 0.290. The Morgan fingerprint density at radius 3 is 2.33 bits per heavy atom. The van der Waals surface area contributed by atoms with Crippen LogP contribution in [0.3, 0.4) is 0 Å². The van der Waals surface area contributed by atoms with Crippen molar-refractivity contribution in [2.75, 3.05) is 0 Å². The number of rotatable bonds is 0. The molecule has 2 aliphatic heterocycles. The molecule has 0 saturated carbocycles. The van der Waals surface area contributed by atoms with E-state index in [-0.39, 0.29) is 0 Å². The summed E-state index contributed by atoms with van der Waals surface area (Å²) < 4.78 is 6.13. The molecule has 0 spiro atoms. The van der Waals surface area contributed by atoms with Crippen molar-refractivity contribution in [3.05, 3.63) is 66.7 Å². The first-order chi connectivity index (χ1) is 10.4. The molecule has 2 aliphatic rings. The van der Waals surface area contributed by atoms with Gasteiger partial charge in [-0.25, -0.2) is 0 Å². The second-order valence-electron chi connectivity index (χ2n) is 5.38. The van der Waals surface area contributed by atoms with E-state index >= 15 is 0 Å². The van der Waals surface area contributed by atoms with Gasteiger partial charge in [0.2, 0.25) is 0 Å². The van der Waals surface area contributed by atoms with Crippen LogP contribution in [0.4, 0.5) is 0 Å². The van der Waals surface area contributed by atoms with Gasteiger partial charge in [-0.15, -0.1) is 0 Å². The molecule has 0 saturated heterocycles. The van der Waals surface area contributed by atoms with Gasteiger partial charge < -0.3 is 4.74 Å². The van der Waals surface area contributed by atoms with Crippen LogP contribution in [-0.2, 0) is 0 Å². The van der Waals surface area contributed by atoms with Gasteiger partial charge in [-0.1, -0.05) is 59.7 Å². The predicted molar refractivity (Wildman–Crippen MR) is 88.2 cm³/mol. The minimum Gasteiger partial charge on any atom is -0.458 e. The number of hydrogen-bond acceptors (Lipinski definition) is 2. The average molecular weight is 286 g/mol. The molecule has 98 valence electrons. The maximum atomic E-state index is 6.13. The van der Waals surface area contributed by atoms with Crippen LogP contribution in [0.15, 0.2) is 76.5 Å². The summed E-state index contributed by atoms with van der Waals surface area (Å²) in [6, 6.07) is 23.5. The van der Waals surface area contributed by atoms with Gasteiger partial charge in [-0.3, -0.25) is 0 Å². The van der Waals surface area contributed by atoms with E-state index < -0.39 is 0 Å². The normalized spacial score (nSPS) is 13.8. The molecule has 3 aromatic rings. The molecule has 0 bridgehead atoms. The Balaban J connectivity index is 1.88. The Morgan fingerprint density at radius 2 is 1.38 bits per heavy atom. The Morgan fingerprint density at radius 1 is 0.667 bits per heavy atom. The van der Waals surface area contributed by atoms with Crippen molar-refractivity contribution in [1.82, 2.24) is 0 Å². The lowest BCUT2D eigenvalue weighted by Crippen LogP contribution is -2.57. The van der Waals surface area contributed by atoms with E-state index in [1.54, 1.807) is 0 Å². The molecule has 5 rings (SSSR count). The second-order valence-corrected chi connectivity index (χ2v) is 6.46. The third-order valence-corrected chi connectivity index (χ3v) is 5.38. The van der Waals surface area contributed by atoms with Gasteiger partial charge >= 0.3 is 0 Å². The lowest BCUT2D eigenvalue weighted by Gasteiger charge is -2.32. The van der Waals surface area contributed by atoms with Gasteiger partial charge in [-0.05, 0) is 35.2 Å². The maximum Gasteiger partial charge on any atom is 0.253 e. The fraction of sp³-hybridized carbons (Fsp3) is 0. The smallest absolute Gasteiger partial charge is 0.253 e. The topological polar surface area (TPSA) is 9.23 Å². The monoisotopic (exact) mass is 286 g/mol. The molecule has 21 heavy (non-hydrogen) atoms. The summed E-state index contributed by atoms with van der Waals surface area (Å²) in [5.41, 5.74) is 3.98. The number of benzene rings is 3. The molecule has 0 aromatic heterocycles. The SMILES string of the molecule is c1ccc2c(c1)Oc1cccc3c1B2c1ccccc1S3.